The van der Waals surface area contributed by atoms with E-state index >= 15 is 0 Å². The van der Waals surface area contributed by atoms with E-state index in [1.54, 1.807) is 24.3 Å². The fourth-order valence-electron chi connectivity index (χ4n) is 1.45. The van der Waals surface area contributed by atoms with Crippen molar-refractivity contribution in [2.45, 2.75) is 6.92 Å². The van der Waals surface area contributed by atoms with Gasteiger partial charge in [-0.2, -0.15) is 0 Å². The molecule has 0 atom stereocenters. The van der Waals surface area contributed by atoms with Crippen LogP contribution in [0.4, 0.5) is 0 Å². The van der Waals surface area contributed by atoms with Gasteiger partial charge in [0.2, 0.25) is 0 Å². The molecular formula is C16H12O2Se. The zero-order valence-electron chi connectivity index (χ0n) is 10.4. The van der Waals surface area contributed by atoms with Crippen molar-refractivity contribution in [3.05, 3.63) is 65.2 Å². The Morgan fingerprint density at radius 2 is 1.68 bits per heavy atom. The van der Waals surface area contributed by atoms with E-state index in [1.807, 2.05) is 0 Å². The SMILES string of the molecule is Cc1ccc([Se]C#Cc2ccc(C(=O)O)cc2)cc1. The van der Waals surface area contributed by atoms with Gasteiger partial charge in [-0.25, -0.2) is 0 Å². The number of aryl methyl sites for hydroxylation is 1. The van der Waals surface area contributed by atoms with Crippen LogP contribution in [0.1, 0.15) is 21.5 Å². The number of carbonyl (C=O) groups is 1. The molecule has 0 saturated heterocycles. The average Bonchev–Trinajstić information content (AvgIpc) is 2.41. The molecule has 0 fully saturated rings. The van der Waals surface area contributed by atoms with Gasteiger partial charge in [0.25, 0.3) is 0 Å². The summed E-state index contributed by atoms with van der Waals surface area (Å²) in [5.74, 6) is 2.15. The summed E-state index contributed by atoms with van der Waals surface area (Å²) in [6.07, 6.45) is 0. The zero-order chi connectivity index (χ0) is 13.7. The van der Waals surface area contributed by atoms with Crippen LogP contribution in [0, 0.1) is 17.7 Å². The Bertz CT molecular complexity index is 631. The van der Waals surface area contributed by atoms with Crippen molar-refractivity contribution >= 4 is 25.4 Å². The van der Waals surface area contributed by atoms with Gasteiger partial charge in [-0.3, -0.25) is 0 Å². The third kappa shape index (κ3) is 3.99. The van der Waals surface area contributed by atoms with Crippen molar-refractivity contribution in [1.29, 1.82) is 0 Å². The number of benzene rings is 2. The number of rotatable bonds is 2. The van der Waals surface area contributed by atoms with Gasteiger partial charge in [0, 0.05) is 0 Å². The maximum absolute atomic E-state index is 10.7. The van der Waals surface area contributed by atoms with Crippen molar-refractivity contribution in [3.63, 3.8) is 0 Å². The summed E-state index contributed by atoms with van der Waals surface area (Å²) in [7, 11) is 0. The summed E-state index contributed by atoms with van der Waals surface area (Å²) in [5.41, 5.74) is 2.38. The molecule has 0 aliphatic rings. The summed E-state index contributed by atoms with van der Waals surface area (Å²) in [6.45, 7) is 2.06. The summed E-state index contributed by atoms with van der Waals surface area (Å²) in [6, 6.07) is 15.0. The molecule has 0 aromatic heterocycles. The molecule has 0 unspecified atom stereocenters. The van der Waals surface area contributed by atoms with E-state index in [4.69, 9.17) is 5.11 Å². The van der Waals surface area contributed by atoms with Gasteiger partial charge >= 0.3 is 118 Å². The Morgan fingerprint density at radius 3 is 2.26 bits per heavy atom. The molecule has 2 aromatic rings. The molecule has 2 aromatic carbocycles. The van der Waals surface area contributed by atoms with Gasteiger partial charge in [-0.05, 0) is 0 Å². The Hall–Kier alpha value is -2.01. The van der Waals surface area contributed by atoms with Gasteiger partial charge in [-0.15, -0.1) is 0 Å². The summed E-state index contributed by atoms with van der Waals surface area (Å²) < 4.78 is 1.24. The number of carboxylic acid groups (broad SMARTS) is 1. The molecule has 0 radical (unpaired) electrons. The summed E-state index contributed by atoms with van der Waals surface area (Å²) in [5, 5.41) is 8.79. The maximum atomic E-state index is 10.7. The van der Waals surface area contributed by atoms with E-state index < -0.39 is 5.97 Å². The van der Waals surface area contributed by atoms with Crippen LogP contribution in [0.2, 0.25) is 0 Å². The van der Waals surface area contributed by atoms with Gasteiger partial charge in [0.1, 0.15) is 0 Å². The molecule has 94 valence electrons. The summed E-state index contributed by atoms with van der Waals surface area (Å²) >= 11 is 0.124. The van der Waals surface area contributed by atoms with E-state index in [-0.39, 0.29) is 20.5 Å². The first-order chi connectivity index (χ1) is 9.15. The van der Waals surface area contributed by atoms with E-state index in [0.29, 0.717) is 0 Å². The van der Waals surface area contributed by atoms with Gasteiger partial charge in [0.15, 0.2) is 0 Å². The first-order valence-corrected chi connectivity index (χ1v) is 7.44. The zero-order valence-corrected chi connectivity index (χ0v) is 12.1. The second-order valence-electron chi connectivity index (χ2n) is 4.02. The predicted molar refractivity (Wildman–Crippen MR) is 76.8 cm³/mol. The van der Waals surface area contributed by atoms with Gasteiger partial charge < -0.3 is 0 Å². The molecule has 0 saturated carbocycles. The number of hydrogen-bond acceptors (Lipinski definition) is 1. The Morgan fingerprint density at radius 1 is 1.05 bits per heavy atom. The van der Waals surface area contributed by atoms with E-state index in [1.165, 1.54) is 10.0 Å². The van der Waals surface area contributed by atoms with Crippen LogP contribution < -0.4 is 4.46 Å². The van der Waals surface area contributed by atoms with Crippen molar-refractivity contribution in [3.8, 4) is 10.7 Å². The molecule has 1 N–H and O–H groups in total. The molecule has 19 heavy (non-hydrogen) atoms. The first kappa shape index (κ1) is 13.4. The predicted octanol–water partition coefficient (Wildman–Crippen LogP) is 2.03. The third-order valence-corrected chi connectivity index (χ3v) is 4.01. The van der Waals surface area contributed by atoms with Crippen molar-refractivity contribution in [2.75, 3.05) is 0 Å². The molecular weight excluding hydrogens is 303 g/mol. The number of aromatic carboxylic acids is 1. The standard InChI is InChI=1S/C16H12O2Se/c1-12-2-8-15(9-3-12)19-11-10-13-4-6-14(7-5-13)16(17)18/h2-9H,1H3,(H,17,18). The van der Waals surface area contributed by atoms with E-state index in [0.717, 1.165) is 5.56 Å². The Balaban J connectivity index is 2.03. The molecule has 0 bridgehead atoms. The van der Waals surface area contributed by atoms with Crippen molar-refractivity contribution in [2.24, 2.45) is 0 Å². The Kier molecular flexibility index (Phi) is 4.41. The Labute approximate surface area is 118 Å². The molecule has 0 spiro atoms. The molecule has 3 heteroatoms. The number of hydrogen-bond donors (Lipinski definition) is 1. The second kappa shape index (κ2) is 6.24. The van der Waals surface area contributed by atoms with Crippen LogP contribution in [0.25, 0.3) is 0 Å². The summed E-state index contributed by atoms with van der Waals surface area (Å²) in [4.78, 5) is 13.9. The third-order valence-electron chi connectivity index (χ3n) is 2.52. The average molecular weight is 315 g/mol. The molecule has 2 rings (SSSR count). The normalized spacial score (nSPS) is 9.53. The minimum absolute atomic E-state index is 0.124. The molecule has 2 nitrogen and oxygen atoms in total. The minimum atomic E-state index is -0.914. The van der Waals surface area contributed by atoms with E-state index in [2.05, 4.69) is 41.9 Å². The first-order valence-electron chi connectivity index (χ1n) is 5.73. The van der Waals surface area contributed by atoms with Crippen LogP contribution in [-0.4, -0.2) is 26.0 Å². The molecule has 0 amide bonds. The number of carboxylic acids is 1. The fourth-order valence-corrected chi connectivity index (χ4v) is 2.62. The topological polar surface area (TPSA) is 37.3 Å². The molecule has 0 heterocycles. The van der Waals surface area contributed by atoms with Crippen LogP contribution in [0.5, 0.6) is 0 Å². The van der Waals surface area contributed by atoms with E-state index in [9.17, 15) is 4.79 Å². The fraction of sp³-hybridized carbons (Fsp3) is 0.0625. The van der Waals surface area contributed by atoms with Crippen LogP contribution in [0.3, 0.4) is 0 Å². The van der Waals surface area contributed by atoms with Gasteiger partial charge in [0.05, 0.1) is 0 Å². The van der Waals surface area contributed by atoms with Crippen molar-refractivity contribution in [1.82, 2.24) is 0 Å². The quantitative estimate of drug-likeness (QED) is 0.680. The molecule has 0 aliphatic carbocycles. The van der Waals surface area contributed by atoms with Gasteiger partial charge in [-0.1, -0.05) is 0 Å². The molecule has 0 aliphatic heterocycles. The van der Waals surface area contributed by atoms with Crippen LogP contribution in [-0.2, 0) is 0 Å². The monoisotopic (exact) mass is 316 g/mol. The van der Waals surface area contributed by atoms with Crippen LogP contribution in [0.15, 0.2) is 48.5 Å². The van der Waals surface area contributed by atoms with Crippen molar-refractivity contribution < 1.29 is 9.90 Å². The second-order valence-corrected chi connectivity index (χ2v) is 5.87. The van der Waals surface area contributed by atoms with Crippen LogP contribution >= 0.6 is 0 Å².